The van der Waals surface area contributed by atoms with Crippen molar-refractivity contribution in [3.8, 4) is 0 Å². The zero-order valence-corrected chi connectivity index (χ0v) is 13.9. The maximum absolute atomic E-state index is 12.9. The van der Waals surface area contributed by atoms with Gasteiger partial charge in [-0.3, -0.25) is 14.4 Å². The highest BCUT2D eigenvalue weighted by molar-refractivity contribution is 5.86. The average molecular weight is 338 g/mol. The van der Waals surface area contributed by atoms with Crippen LogP contribution in [0.15, 0.2) is 12.2 Å². The van der Waals surface area contributed by atoms with E-state index in [1.807, 2.05) is 12.2 Å². The van der Waals surface area contributed by atoms with E-state index < -0.39 is 5.92 Å². The summed E-state index contributed by atoms with van der Waals surface area (Å²) < 4.78 is 5.27. The molecular formula is C17H26N2O5. The summed E-state index contributed by atoms with van der Waals surface area (Å²) in [5, 5.41) is 11.4. The summed E-state index contributed by atoms with van der Waals surface area (Å²) in [6.45, 7) is 0.943. The molecule has 0 saturated carbocycles. The second-order valence-electron chi connectivity index (χ2n) is 6.23. The molecule has 1 saturated heterocycles. The van der Waals surface area contributed by atoms with Crippen LogP contribution in [0.5, 0.6) is 0 Å². The number of amides is 2. The smallest absolute Gasteiger partial charge is 0.306 e. The Labute approximate surface area is 142 Å². The molecule has 134 valence electrons. The van der Waals surface area contributed by atoms with Crippen LogP contribution >= 0.6 is 0 Å². The maximum atomic E-state index is 12.9. The second kappa shape index (κ2) is 9.42. The Morgan fingerprint density at radius 2 is 2.21 bits per heavy atom. The topological polar surface area (TPSA) is 95.9 Å². The van der Waals surface area contributed by atoms with Crippen molar-refractivity contribution in [1.29, 1.82) is 0 Å². The van der Waals surface area contributed by atoms with Crippen molar-refractivity contribution < 1.29 is 24.2 Å². The fourth-order valence-corrected chi connectivity index (χ4v) is 3.14. The lowest BCUT2D eigenvalue weighted by atomic mass is 9.97. The van der Waals surface area contributed by atoms with Gasteiger partial charge in [-0.1, -0.05) is 12.2 Å². The number of aliphatic hydroxyl groups is 1. The highest BCUT2D eigenvalue weighted by atomic mass is 16.5. The summed E-state index contributed by atoms with van der Waals surface area (Å²) in [5.74, 6) is -0.946. The van der Waals surface area contributed by atoms with Gasteiger partial charge in [0.15, 0.2) is 0 Å². The Balaban J connectivity index is 2.08. The SMILES string of the molecule is O=C(C[C@@H]1C/C=C/CCC(=O)OC[C@@H]2CCCN2C1=O)NCCO. The van der Waals surface area contributed by atoms with Gasteiger partial charge >= 0.3 is 5.97 Å². The van der Waals surface area contributed by atoms with Crippen LogP contribution in [0.25, 0.3) is 0 Å². The molecule has 2 rings (SSSR count). The van der Waals surface area contributed by atoms with Gasteiger partial charge < -0.3 is 20.1 Å². The van der Waals surface area contributed by atoms with Gasteiger partial charge in [0.25, 0.3) is 0 Å². The van der Waals surface area contributed by atoms with Crippen LogP contribution in [-0.4, -0.2) is 60.1 Å². The normalized spacial score (nSPS) is 26.8. The van der Waals surface area contributed by atoms with Gasteiger partial charge in [-0.15, -0.1) is 0 Å². The molecule has 0 radical (unpaired) electrons. The van der Waals surface area contributed by atoms with Crippen molar-refractivity contribution >= 4 is 17.8 Å². The maximum Gasteiger partial charge on any atom is 0.306 e. The monoisotopic (exact) mass is 338 g/mol. The van der Waals surface area contributed by atoms with Crippen LogP contribution in [0.4, 0.5) is 0 Å². The van der Waals surface area contributed by atoms with Gasteiger partial charge in [-0.2, -0.15) is 0 Å². The Bertz CT molecular complexity index is 491. The molecule has 0 aliphatic carbocycles. The van der Waals surface area contributed by atoms with Crippen molar-refractivity contribution in [3.63, 3.8) is 0 Å². The van der Waals surface area contributed by atoms with Gasteiger partial charge in [-0.25, -0.2) is 0 Å². The summed E-state index contributed by atoms with van der Waals surface area (Å²) in [5.41, 5.74) is 0. The molecule has 24 heavy (non-hydrogen) atoms. The number of esters is 1. The summed E-state index contributed by atoms with van der Waals surface area (Å²) >= 11 is 0. The van der Waals surface area contributed by atoms with Gasteiger partial charge in [0.1, 0.15) is 6.61 Å². The van der Waals surface area contributed by atoms with Crippen molar-refractivity contribution in [2.45, 2.75) is 44.6 Å². The van der Waals surface area contributed by atoms with E-state index in [9.17, 15) is 14.4 Å². The molecule has 0 aromatic carbocycles. The number of nitrogens with one attached hydrogen (secondary N) is 1. The minimum atomic E-state index is -0.421. The van der Waals surface area contributed by atoms with Crippen LogP contribution in [0.2, 0.25) is 0 Å². The van der Waals surface area contributed by atoms with E-state index in [1.165, 1.54) is 0 Å². The molecule has 0 spiro atoms. The van der Waals surface area contributed by atoms with Crippen molar-refractivity contribution in [2.75, 3.05) is 26.3 Å². The van der Waals surface area contributed by atoms with Crippen molar-refractivity contribution in [2.24, 2.45) is 5.92 Å². The fraction of sp³-hybridized carbons (Fsp3) is 0.706. The molecule has 2 aliphatic rings. The second-order valence-corrected chi connectivity index (χ2v) is 6.23. The van der Waals surface area contributed by atoms with Gasteiger partial charge in [0.05, 0.1) is 18.6 Å². The van der Waals surface area contributed by atoms with E-state index in [-0.39, 0.29) is 50.0 Å². The standard InChI is InChI=1S/C17H26N2O5/c20-10-8-18-15(21)11-13-5-2-1-3-7-16(22)24-12-14-6-4-9-19(14)17(13)23/h1-2,13-14,20H,3-12H2,(H,18,21)/b2-1+/t13-,14-/m0/s1. The average Bonchev–Trinajstić information content (AvgIpc) is 3.03. The van der Waals surface area contributed by atoms with Crippen LogP contribution in [0.3, 0.4) is 0 Å². The molecule has 7 heteroatoms. The number of hydrogen-bond donors (Lipinski definition) is 2. The molecule has 0 aromatic heterocycles. The third-order valence-electron chi connectivity index (χ3n) is 4.41. The molecule has 2 heterocycles. The molecule has 2 aliphatic heterocycles. The molecule has 0 unspecified atom stereocenters. The molecule has 2 N–H and O–H groups in total. The van der Waals surface area contributed by atoms with Gasteiger partial charge in [-0.05, 0) is 25.7 Å². The fourth-order valence-electron chi connectivity index (χ4n) is 3.14. The number of rotatable bonds is 4. The van der Waals surface area contributed by atoms with Crippen LogP contribution in [0.1, 0.15) is 38.5 Å². The highest BCUT2D eigenvalue weighted by Gasteiger charge is 2.34. The lowest BCUT2D eigenvalue weighted by molar-refractivity contribution is -0.148. The first-order chi connectivity index (χ1) is 11.6. The molecule has 2 atom stereocenters. The number of cyclic esters (lactones) is 1. The first-order valence-electron chi connectivity index (χ1n) is 8.60. The summed E-state index contributed by atoms with van der Waals surface area (Å²) in [4.78, 5) is 38.2. The van der Waals surface area contributed by atoms with E-state index in [2.05, 4.69) is 5.32 Å². The first-order valence-corrected chi connectivity index (χ1v) is 8.60. The van der Waals surface area contributed by atoms with Crippen molar-refractivity contribution in [1.82, 2.24) is 10.2 Å². The number of aliphatic hydroxyl groups excluding tert-OH is 1. The number of allylic oxidation sites excluding steroid dienone is 2. The van der Waals surface area contributed by atoms with Gasteiger partial charge in [0, 0.05) is 25.9 Å². The van der Waals surface area contributed by atoms with Crippen LogP contribution < -0.4 is 5.32 Å². The third-order valence-corrected chi connectivity index (χ3v) is 4.41. The molecule has 0 aromatic rings. The number of fused-ring (bicyclic) bond motifs is 1. The highest BCUT2D eigenvalue weighted by Crippen LogP contribution is 2.24. The molecule has 0 bridgehead atoms. The Morgan fingerprint density at radius 1 is 1.38 bits per heavy atom. The van der Waals surface area contributed by atoms with E-state index in [0.29, 0.717) is 25.8 Å². The third kappa shape index (κ3) is 5.33. The number of hydrogen-bond acceptors (Lipinski definition) is 5. The van der Waals surface area contributed by atoms with E-state index in [1.54, 1.807) is 4.90 Å². The van der Waals surface area contributed by atoms with Gasteiger partial charge in [0.2, 0.25) is 11.8 Å². The summed E-state index contributed by atoms with van der Waals surface area (Å²) in [6, 6.07) is -0.0899. The largest absolute Gasteiger partial charge is 0.463 e. The lowest BCUT2D eigenvalue weighted by Crippen LogP contribution is -2.43. The molecule has 1 fully saturated rings. The molecule has 2 amide bonds. The Kier molecular flexibility index (Phi) is 7.24. The minimum absolute atomic E-state index is 0.0575. The van der Waals surface area contributed by atoms with E-state index in [0.717, 1.165) is 12.8 Å². The number of carbonyl (C=O) groups excluding carboxylic acids is 3. The lowest BCUT2D eigenvalue weighted by Gasteiger charge is -2.28. The zero-order chi connectivity index (χ0) is 17.4. The molecular weight excluding hydrogens is 312 g/mol. The number of nitrogens with zero attached hydrogens (tertiary/aromatic N) is 1. The van der Waals surface area contributed by atoms with Crippen LogP contribution in [-0.2, 0) is 19.1 Å². The Hall–Kier alpha value is -1.89. The summed E-state index contributed by atoms with van der Waals surface area (Å²) in [7, 11) is 0. The number of carbonyl (C=O) groups is 3. The first kappa shape index (κ1) is 18.4. The van der Waals surface area contributed by atoms with E-state index >= 15 is 0 Å². The zero-order valence-electron chi connectivity index (χ0n) is 13.9. The predicted octanol–water partition coefficient (Wildman–Crippen LogP) is 0.376. The summed E-state index contributed by atoms with van der Waals surface area (Å²) in [6.07, 6.45) is 6.91. The quantitative estimate of drug-likeness (QED) is 0.570. The minimum Gasteiger partial charge on any atom is -0.463 e. The van der Waals surface area contributed by atoms with Crippen LogP contribution in [0, 0.1) is 5.92 Å². The number of ether oxygens (including phenoxy) is 1. The van der Waals surface area contributed by atoms with E-state index in [4.69, 9.17) is 9.84 Å². The molecule has 7 nitrogen and oxygen atoms in total. The predicted molar refractivity (Wildman–Crippen MR) is 86.9 cm³/mol. The van der Waals surface area contributed by atoms with Crippen molar-refractivity contribution in [3.05, 3.63) is 12.2 Å². The Morgan fingerprint density at radius 3 is 3.00 bits per heavy atom.